The molecule has 2 rings (SSSR count). The Morgan fingerprint density at radius 1 is 1.42 bits per heavy atom. The number of nitrogens with one attached hydrogen (secondary N) is 1. The lowest BCUT2D eigenvalue weighted by Crippen LogP contribution is -2.51. The van der Waals surface area contributed by atoms with Crippen LogP contribution in [0.15, 0.2) is 24.3 Å². The Labute approximate surface area is 121 Å². The highest BCUT2D eigenvalue weighted by molar-refractivity contribution is 5.85. The fourth-order valence-corrected chi connectivity index (χ4v) is 2.45. The van der Waals surface area contributed by atoms with E-state index in [1.165, 1.54) is 11.1 Å². The average Bonchev–Trinajstić information content (AvgIpc) is 2.37. The maximum absolute atomic E-state index is 12.1. The molecule has 4 heteroatoms. The van der Waals surface area contributed by atoms with Gasteiger partial charge in [-0.05, 0) is 31.4 Å². The number of halogens is 1. The molecular weight excluding hydrogens is 260 g/mol. The first-order chi connectivity index (χ1) is 8.66. The first-order valence-corrected chi connectivity index (χ1v) is 6.72. The highest BCUT2D eigenvalue weighted by atomic mass is 35.5. The van der Waals surface area contributed by atoms with Crippen molar-refractivity contribution in [1.82, 2.24) is 10.2 Å². The van der Waals surface area contributed by atoms with Crippen molar-refractivity contribution < 1.29 is 4.79 Å². The van der Waals surface area contributed by atoms with Gasteiger partial charge in [-0.1, -0.05) is 24.3 Å². The summed E-state index contributed by atoms with van der Waals surface area (Å²) in [5, 5.41) is 3.36. The molecule has 0 spiro atoms. The summed E-state index contributed by atoms with van der Waals surface area (Å²) < 4.78 is 0. The predicted molar refractivity (Wildman–Crippen MR) is 80.8 cm³/mol. The number of rotatable bonds is 3. The van der Waals surface area contributed by atoms with Gasteiger partial charge in [-0.25, -0.2) is 0 Å². The number of carbonyl (C=O) groups excluding carboxylic acids is 1. The van der Waals surface area contributed by atoms with Gasteiger partial charge in [0, 0.05) is 32.1 Å². The van der Waals surface area contributed by atoms with E-state index in [1.807, 2.05) is 17.0 Å². The lowest BCUT2D eigenvalue weighted by atomic mass is 10.0. The van der Waals surface area contributed by atoms with Crippen molar-refractivity contribution in [2.24, 2.45) is 0 Å². The van der Waals surface area contributed by atoms with Gasteiger partial charge in [-0.2, -0.15) is 0 Å². The number of nitrogens with zero attached hydrogens (tertiary/aromatic N) is 1. The Morgan fingerprint density at radius 2 is 2.16 bits per heavy atom. The third-order valence-electron chi connectivity index (χ3n) is 3.59. The van der Waals surface area contributed by atoms with Crippen molar-refractivity contribution in [2.75, 3.05) is 19.6 Å². The largest absolute Gasteiger partial charge is 0.340 e. The van der Waals surface area contributed by atoms with E-state index in [2.05, 4.69) is 31.3 Å². The Bertz CT molecular complexity index is 422. The molecule has 1 amide bonds. The van der Waals surface area contributed by atoms with E-state index in [9.17, 15) is 4.79 Å². The first kappa shape index (κ1) is 16.0. The Balaban J connectivity index is 0.00000180. The molecule has 3 nitrogen and oxygen atoms in total. The molecule has 1 atom stereocenters. The van der Waals surface area contributed by atoms with Crippen LogP contribution in [0.5, 0.6) is 0 Å². The highest BCUT2D eigenvalue weighted by Crippen LogP contribution is 2.11. The van der Waals surface area contributed by atoms with E-state index in [4.69, 9.17) is 0 Å². The SMILES string of the molecule is Cc1ccccc1CCC(=O)N1CCN[C@H](C)C1.Cl. The van der Waals surface area contributed by atoms with E-state index in [0.717, 1.165) is 26.1 Å². The standard InChI is InChI=1S/C15H22N2O.ClH/c1-12-5-3-4-6-14(12)7-8-15(18)17-10-9-16-13(2)11-17;/h3-6,13,16H,7-11H2,1-2H3;1H/t13-;/m1./s1. The van der Waals surface area contributed by atoms with E-state index < -0.39 is 0 Å². The van der Waals surface area contributed by atoms with Crippen LogP contribution in [0.3, 0.4) is 0 Å². The molecular formula is C15H23ClN2O. The minimum absolute atomic E-state index is 0. The van der Waals surface area contributed by atoms with Crippen molar-refractivity contribution in [1.29, 1.82) is 0 Å². The molecule has 19 heavy (non-hydrogen) atoms. The van der Waals surface area contributed by atoms with Gasteiger partial charge in [0.05, 0.1) is 0 Å². The van der Waals surface area contributed by atoms with Crippen molar-refractivity contribution in [3.8, 4) is 0 Å². The molecule has 1 aliphatic heterocycles. The minimum atomic E-state index is 0. The molecule has 1 fully saturated rings. The topological polar surface area (TPSA) is 32.3 Å². The third kappa shape index (κ3) is 4.51. The molecule has 106 valence electrons. The summed E-state index contributed by atoms with van der Waals surface area (Å²) in [5.41, 5.74) is 2.56. The zero-order chi connectivity index (χ0) is 13.0. The summed E-state index contributed by atoms with van der Waals surface area (Å²) in [6, 6.07) is 8.72. The summed E-state index contributed by atoms with van der Waals surface area (Å²) >= 11 is 0. The van der Waals surface area contributed by atoms with E-state index in [1.54, 1.807) is 0 Å². The number of piperazine rings is 1. The van der Waals surface area contributed by atoms with E-state index in [-0.39, 0.29) is 18.3 Å². The Hall–Kier alpha value is -1.06. The monoisotopic (exact) mass is 282 g/mol. The fourth-order valence-electron chi connectivity index (χ4n) is 2.45. The summed E-state index contributed by atoms with van der Waals surface area (Å²) in [5.74, 6) is 0.284. The van der Waals surface area contributed by atoms with Crippen LogP contribution in [0.4, 0.5) is 0 Å². The zero-order valence-electron chi connectivity index (χ0n) is 11.7. The van der Waals surface area contributed by atoms with Gasteiger partial charge in [0.15, 0.2) is 0 Å². The van der Waals surface area contributed by atoms with Crippen molar-refractivity contribution >= 4 is 18.3 Å². The molecule has 0 radical (unpaired) electrons. The second-order valence-electron chi connectivity index (χ2n) is 5.12. The van der Waals surface area contributed by atoms with Crippen molar-refractivity contribution in [3.05, 3.63) is 35.4 Å². The van der Waals surface area contributed by atoms with Crippen LogP contribution in [-0.4, -0.2) is 36.5 Å². The Kier molecular flexibility index (Phi) is 6.32. The molecule has 1 saturated heterocycles. The molecule has 0 aliphatic carbocycles. The number of amides is 1. The van der Waals surface area contributed by atoms with Crippen LogP contribution in [0.25, 0.3) is 0 Å². The molecule has 1 N–H and O–H groups in total. The second kappa shape index (κ2) is 7.51. The van der Waals surface area contributed by atoms with Crippen molar-refractivity contribution in [2.45, 2.75) is 32.7 Å². The number of hydrogen-bond acceptors (Lipinski definition) is 2. The van der Waals surface area contributed by atoms with Crippen LogP contribution in [0.2, 0.25) is 0 Å². The first-order valence-electron chi connectivity index (χ1n) is 6.72. The maximum atomic E-state index is 12.1. The zero-order valence-corrected chi connectivity index (χ0v) is 12.5. The molecule has 1 heterocycles. The quantitative estimate of drug-likeness (QED) is 0.922. The van der Waals surface area contributed by atoms with Crippen LogP contribution in [0.1, 0.15) is 24.5 Å². The summed E-state index contributed by atoms with van der Waals surface area (Å²) in [7, 11) is 0. The lowest BCUT2D eigenvalue weighted by molar-refractivity contribution is -0.132. The van der Waals surface area contributed by atoms with E-state index in [0.29, 0.717) is 12.5 Å². The molecule has 0 unspecified atom stereocenters. The number of hydrogen-bond donors (Lipinski definition) is 1. The maximum Gasteiger partial charge on any atom is 0.222 e. The van der Waals surface area contributed by atoms with Gasteiger partial charge in [-0.3, -0.25) is 4.79 Å². The van der Waals surface area contributed by atoms with Crippen LogP contribution in [-0.2, 0) is 11.2 Å². The van der Waals surface area contributed by atoms with Gasteiger partial charge in [0.1, 0.15) is 0 Å². The van der Waals surface area contributed by atoms with E-state index >= 15 is 0 Å². The molecule has 0 saturated carbocycles. The predicted octanol–water partition coefficient (Wildman–Crippen LogP) is 2.17. The normalized spacial score (nSPS) is 18.8. The van der Waals surface area contributed by atoms with Gasteiger partial charge in [-0.15, -0.1) is 12.4 Å². The second-order valence-corrected chi connectivity index (χ2v) is 5.12. The highest BCUT2D eigenvalue weighted by Gasteiger charge is 2.19. The Morgan fingerprint density at radius 3 is 2.84 bits per heavy atom. The van der Waals surface area contributed by atoms with Crippen molar-refractivity contribution in [3.63, 3.8) is 0 Å². The van der Waals surface area contributed by atoms with Gasteiger partial charge in [0.2, 0.25) is 5.91 Å². The molecule has 0 aromatic heterocycles. The molecule has 1 aromatic rings. The van der Waals surface area contributed by atoms with Gasteiger partial charge >= 0.3 is 0 Å². The lowest BCUT2D eigenvalue weighted by Gasteiger charge is -2.32. The number of aryl methyl sites for hydroxylation is 2. The van der Waals surface area contributed by atoms with Crippen LogP contribution < -0.4 is 5.32 Å². The molecule has 0 bridgehead atoms. The van der Waals surface area contributed by atoms with Gasteiger partial charge in [0.25, 0.3) is 0 Å². The smallest absolute Gasteiger partial charge is 0.222 e. The minimum Gasteiger partial charge on any atom is -0.340 e. The summed E-state index contributed by atoms with van der Waals surface area (Å²) in [6.45, 7) is 6.83. The van der Waals surface area contributed by atoms with Gasteiger partial charge < -0.3 is 10.2 Å². The average molecular weight is 283 g/mol. The molecule has 1 aliphatic rings. The summed E-state index contributed by atoms with van der Waals surface area (Å²) in [4.78, 5) is 14.1. The van der Waals surface area contributed by atoms with Crippen LogP contribution >= 0.6 is 12.4 Å². The summed E-state index contributed by atoms with van der Waals surface area (Å²) in [6.07, 6.45) is 1.47. The van der Waals surface area contributed by atoms with Crippen LogP contribution in [0, 0.1) is 6.92 Å². The fraction of sp³-hybridized carbons (Fsp3) is 0.533. The number of benzene rings is 1. The third-order valence-corrected chi connectivity index (χ3v) is 3.59. The number of carbonyl (C=O) groups is 1. The molecule has 1 aromatic carbocycles.